The molecule has 3 aromatic heterocycles. The number of non-ortho nitro benzene ring substituents is 1. The summed E-state index contributed by atoms with van der Waals surface area (Å²) < 4.78 is 6.24. The van der Waals surface area contributed by atoms with Crippen LogP contribution in [0.4, 0.5) is 5.69 Å². The molecule has 1 aliphatic heterocycles. The Morgan fingerprint density at radius 1 is 1.03 bits per heavy atom. The van der Waals surface area contributed by atoms with Crippen LogP contribution in [-0.2, 0) is 6.54 Å². The largest absolute Gasteiger partial charge is 0.459 e. The minimum atomic E-state index is -0.418. The molecule has 0 saturated carbocycles. The Balaban J connectivity index is 1.53. The van der Waals surface area contributed by atoms with Gasteiger partial charge in [-0.25, -0.2) is 0 Å². The lowest BCUT2D eigenvalue weighted by Gasteiger charge is -2.25. The molecule has 0 aliphatic carbocycles. The van der Waals surface area contributed by atoms with Crippen molar-refractivity contribution in [3.63, 3.8) is 0 Å². The maximum Gasteiger partial charge on any atom is 0.270 e. The smallest absolute Gasteiger partial charge is 0.270 e. The van der Waals surface area contributed by atoms with Crippen molar-refractivity contribution in [2.24, 2.45) is 0 Å². The highest BCUT2D eigenvalue weighted by Crippen LogP contribution is 2.41. The summed E-state index contributed by atoms with van der Waals surface area (Å²) in [5, 5.41) is 15.1. The van der Waals surface area contributed by atoms with E-state index in [0.717, 1.165) is 11.4 Å². The normalized spacial score (nSPS) is 17.7. The predicted octanol–water partition coefficient (Wildman–Crippen LogP) is 4.82. The van der Waals surface area contributed by atoms with Gasteiger partial charge in [-0.1, -0.05) is 24.3 Å². The van der Waals surface area contributed by atoms with Gasteiger partial charge in [0.15, 0.2) is 5.11 Å². The van der Waals surface area contributed by atoms with E-state index in [2.05, 4.69) is 15.3 Å². The number of rotatable bonds is 6. The van der Waals surface area contributed by atoms with Gasteiger partial charge in [-0.05, 0) is 48.6 Å². The summed E-state index contributed by atoms with van der Waals surface area (Å²) in [7, 11) is 0. The van der Waals surface area contributed by atoms with E-state index >= 15 is 0 Å². The molecule has 33 heavy (non-hydrogen) atoms. The van der Waals surface area contributed by atoms with Crippen LogP contribution in [0.25, 0.3) is 11.3 Å². The highest BCUT2D eigenvalue weighted by atomic mass is 32.1. The predicted molar refractivity (Wildman–Crippen MR) is 126 cm³/mol. The second-order valence-electron chi connectivity index (χ2n) is 7.59. The Labute approximate surface area is 195 Å². The number of nitrogens with one attached hydrogen (secondary N) is 1. The number of thiocarbonyl (C=S) groups is 1. The first kappa shape index (κ1) is 20.8. The third-order valence-electron chi connectivity index (χ3n) is 5.52. The topological polar surface area (TPSA) is 97.3 Å². The molecule has 0 radical (unpaired) electrons. The van der Waals surface area contributed by atoms with E-state index in [0.29, 0.717) is 28.7 Å². The summed E-state index contributed by atoms with van der Waals surface area (Å²) in [5.74, 6) is 1.22. The third kappa shape index (κ3) is 4.18. The number of nitro groups is 1. The Morgan fingerprint density at radius 2 is 1.85 bits per heavy atom. The second-order valence-corrected chi connectivity index (χ2v) is 7.97. The van der Waals surface area contributed by atoms with Crippen molar-refractivity contribution in [3.8, 4) is 11.3 Å². The first-order valence-electron chi connectivity index (χ1n) is 10.3. The molecular formula is C24H19N5O3S. The molecule has 1 fully saturated rings. The van der Waals surface area contributed by atoms with Crippen molar-refractivity contribution in [1.82, 2.24) is 20.2 Å². The van der Waals surface area contributed by atoms with Gasteiger partial charge in [-0.2, -0.15) is 0 Å². The summed E-state index contributed by atoms with van der Waals surface area (Å²) in [6.45, 7) is 0.494. The summed E-state index contributed by atoms with van der Waals surface area (Å²) >= 11 is 5.68. The van der Waals surface area contributed by atoms with Crippen molar-refractivity contribution in [2.45, 2.75) is 18.6 Å². The van der Waals surface area contributed by atoms with Crippen molar-refractivity contribution in [3.05, 3.63) is 112 Å². The minimum Gasteiger partial charge on any atom is -0.459 e. The van der Waals surface area contributed by atoms with E-state index in [-0.39, 0.29) is 17.8 Å². The SMILES string of the molecule is O=[N+]([O-])c1cccc(-c2ccc(C3C(c4ccccn4)NC(=S)N3Cc3ccccn3)o2)c1. The van der Waals surface area contributed by atoms with Gasteiger partial charge in [0, 0.05) is 30.1 Å². The number of hydrogen-bond donors (Lipinski definition) is 1. The van der Waals surface area contributed by atoms with Gasteiger partial charge in [0.05, 0.1) is 28.9 Å². The fraction of sp³-hybridized carbons (Fsp3) is 0.125. The van der Waals surface area contributed by atoms with Gasteiger partial charge in [-0.15, -0.1) is 0 Å². The summed E-state index contributed by atoms with van der Waals surface area (Å²) in [6, 6.07) is 21.1. The van der Waals surface area contributed by atoms with Crippen LogP contribution >= 0.6 is 12.2 Å². The first-order chi connectivity index (χ1) is 16.1. The molecular weight excluding hydrogens is 438 g/mol. The third-order valence-corrected chi connectivity index (χ3v) is 5.87. The maximum atomic E-state index is 11.2. The lowest BCUT2D eigenvalue weighted by Crippen LogP contribution is -2.29. The molecule has 0 bridgehead atoms. The zero-order chi connectivity index (χ0) is 22.8. The molecule has 0 amide bonds. The van der Waals surface area contributed by atoms with Crippen LogP contribution in [0, 0.1) is 10.1 Å². The fourth-order valence-electron chi connectivity index (χ4n) is 3.99. The number of benzene rings is 1. The van der Waals surface area contributed by atoms with E-state index < -0.39 is 4.92 Å². The number of pyridine rings is 2. The van der Waals surface area contributed by atoms with E-state index in [9.17, 15) is 10.1 Å². The van der Waals surface area contributed by atoms with E-state index in [4.69, 9.17) is 16.6 Å². The van der Waals surface area contributed by atoms with Gasteiger partial charge in [0.1, 0.15) is 17.6 Å². The average Bonchev–Trinajstić information content (AvgIpc) is 3.45. The first-order valence-corrected chi connectivity index (χ1v) is 10.7. The van der Waals surface area contributed by atoms with E-state index in [1.807, 2.05) is 53.4 Å². The highest BCUT2D eigenvalue weighted by molar-refractivity contribution is 7.80. The van der Waals surface area contributed by atoms with Crippen LogP contribution in [-0.4, -0.2) is 24.9 Å². The number of nitrogens with zero attached hydrogens (tertiary/aromatic N) is 4. The highest BCUT2D eigenvalue weighted by Gasteiger charge is 2.41. The number of nitro benzene ring substituents is 1. The summed E-state index contributed by atoms with van der Waals surface area (Å²) in [4.78, 5) is 21.8. The van der Waals surface area contributed by atoms with Crippen LogP contribution in [0.2, 0.25) is 0 Å². The average molecular weight is 458 g/mol. The molecule has 9 heteroatoms. The molecule has 1 aliphatic rings. The van der Waals surface area contributed by atoms with Gasteiger partial charge < -0.3 is 14.6 Å². The van der Waals surface area contributed by atoms with Gasteiger partial charge in [-0.3, -0.25) is 20.1 Å². The van der Waals surface area contributed by atoms with Crippen molar-refractivity contribution >= 4 is 23.0 Å². The standard InChI is InChI=1S/C24H19N5O3S/c30-29(31)18-8-5-6-16(14-18)20-10-11-21(32-20)23-22(19-9-2-4-13-26-19)27-24(33)28(23)15-17-7-1-3-12-25-17/h1-14,22-23H,15H2,(H,27,33). The lowest BCUT2D eigenvalue weighted by atomic mass is 10.0. The number of aromatic nitrogens is 2. The number of furan rings is 1. The van der Waals surface area contributed by atoms with Gasteiger partial charge >= 0.3 is 0 Å². The fourth-order valence-corrected chi connectivity index (χ4v) is 4.30. The monoisotopic (exact) mass is 457 g/mol. The van der Waals surface area contributed by atoms with Gasteiger partial charge in [0.25, 0.3) is 5.69 Å². The van der Waals surface area contributed by atoms with Crippen LogP contribution in [0.1, 0.15) is 29.2 Å². The maximum absolute atomic E-state index is 11.2. The van der Waals surface area contributed by atoms with Gasteiger partial charge in [0.2, 0.25) is 0 Å². The van der Waals surface area contributed by atoms with E-state index in [1.165, 1.54) is 12.1 Å². The molecule has 5 rings (SSSR count). The molecule has 0 spiro atoms. The zero-order valence-electron chi connectivity index (χ0n) is 17.4. The van der Waals surface area contributed by atoms with Crippen molar-refractivity contribution in [1.29, 1.82) is 0 Å². The molecule has 1 aromatic carbocycles. The molecule has 2 atom stereocenters. The molecule has 1 saturated heterocycles. The Kier molecular flexibility index (Phi) is 5.54. The van der Waals surface area contributed by atoms with Crippen LogP contribution < -0.4 is 5.32 Å². The molecule has 1 N–H and O–H groups in total. The molecule has 4 heterocycles. The van der Waals surface area contributed by atoms with Crippen LogP contribution in [0.15, 0.2) is 89.6 Å². The quantitative estimate of drug-likeness (QED) is 0.250. The second kappa shape index (κ2) is 8.79. The Bertz CT molecular complexity index is 1300. The Morgan fingerprint density at radius 3 is 2.58 bits per heavy atom. The Hall–Kier alpha value is -4.11. The van der Waals surface area contributed by atoms with Crippen molar-refractivity contribution < 1.29 is 9.34 Å². The molecule has 2 unspecified atom stereocenters. The number of hydrogen-bond acceptors (Lipinski definition) is 6. The lowest BCUT2D eigenvalue weighted by molar-refractivity contribution is -0.384. The minimum absolute atomic E-state index is 0.0114. The summed E-state index contributed by atoms with van der Waals surface area (Å²) in [5.41, 5.74) is 2.35. The van der Waals surface area contributed by atoms with Crippen molar-refractivity contribution in [2.75, 3.05) is 0 Å². The van der Waals surface area contributed by atoms with Crippen LogP contribution in [0.3, 0.4) is 0 Å². The summed E-state index contributed by atoms with van der Waals surface area (Å²) in [6.07, 6.45) is 3.50. The molecule has 4 aromatic rings. The van der Waals surface area contributed by atoms with E-state index in [1.54, 1.807) is 24.5 Å². The zero-order valence-corrected chi connectivity index (χ0v) is 18.2. The molecule has 164 valence electrons. The van der Waals surface area contributed by atoms with Crippen LogP contribution in [0.5, 0.6) is 0 Å². The molecule has 8 nitrogen and oxygen atoms in total.